The van der Waals surface area contributed by atoms with Crippen molar-refractivity contribution in [2.75, 3.05) is 0 Å². The van der Waals surface area contributed by atoms with Crippen molar-refractivity contribution >= 4 is 11.3 Å². The van der Waals surface area contributed by atoms with Crippen molar-refractivity contribution in [1.29, 1.82) is 0 Å². The highest BCUT2D eigenvalue weighted by atomic mass is 32.1. The highest BCUT2D eigenvalue weighted by Crippen LogP contribution is 2.16. The monoisotopic (exact) mass is 222 g/mol. The molecule has 0 saturated carbocycles. The van der Waals surface area contributed by atoms with Crippen LogP contribution in [-0.4, -0.2) is 14.5 Å². The van der Waals surface area contributed by atoms with Crippen LogP contribution in [0.25, 0.3) is 0 Å². The van der Waals surface area contributed by atoms with Crippen LogP contribution in [0.4, 0.5) is 0 Å². The summed E-state index contributed by atoms with van der Waals surface area (Å²) in [7, 11) is 0. The van der Waals surface area contributed by atoms with E-state index in [1.165, 1.54) is 4.88 Å². The average molecular weight is 222 g/mol. The van der Waals surface area contributed by atoms with E-state index in [9.17, 15) is 0 Å². The molecule has 4 nitrogen and oxygen atoms in total. The second-order valence-electron chi connectivity index (χ2n) is 3.60. The Kier molecular flexibility index (Phi) is 2.83. The Balaban J connectivity index is 2.25. The lowest BCUT2D eigenvalue weighted by atomic mass is 10.2. The van der Waals surface area contributed by atoms with Gasteiger partial charge in [-0.1, -0.05) is 0 Å². The molecular formula is C10H14N4S. The van der Waals surface area contributed by atoms with Crippen LogP contribution in [0.3, 0.4) is 0 Å². The molecule has 2 heterocycles. The van der Waals surface area contributed by atoms with Crippen LogP contribution in [0, 0.1) is 6.92 Å². The van der Waals surface area contributed by atoms with Gasteiger partial charge in [-0.25, -0.2) is 9.97 Å². The molecule has 0 saturated heterocycles. The lowest BCUT2D eigenvalue weighted by Gasteiger charge is -2.09. The first kappa shape index (κ1) is 10.3. The second kappa shape index (κ2) is 4.12. The average Bonchev–Trinajstić information content (AvgIpc) is 2.77. The van der Waals surface area contributed by atoms with Crippen molar-refractivity contribution in [3.05, 3.63) is 34.3 Å². The Bertz CT molecular complexity index is 444. The molecule has 0 aromatic carbocycles. The highest BCUT2D eigenvalue weighted by molar-refractivity contribution is 7.09. The molecule has 2 aromatic rings. The van der Waals surface area contributed by atoms with E-state index in [1.807, 2.05) is 31.9 Å². The van der Waals surface area contributed by atoms with E-state index < -0.39 is 0 Å². The first-order chi connectivity index (χ1) is 7.18. The van der Waals surface area contributed by atoms with Crippen LogP contribution in [-0.2, 0) is 6.54 Å². The van der Waals surface area contributed by atoms with Crippen LogP contribution in [0.2, 0.25) is 0 Å². The molecule has 15 heavy (non-hydrogen) atoms. The molecular weight excluding hydrogens is 208 g/mol. The van der Waals surface area contributed by atoms with Gasteiger partial charge in [0.15, 0.2) is 0 Å². The molecule has 5 heteroatoms. The van der Waals surface area contributed by atoms with E-state index in [0.29, 0.717) is 0 Å². The summed E-state index contributed by atoms with van der Waals surface area (Å²) < 4.78 is 2.07. The number of hydrogen-bond acceptors (Lipinski definition) is 4. The topological polar surface area (TPSA) is 56.7 Å². The van der Waals surface area contributed by atoms with Gasteiger partial charge in [0, 0.05) is 17.1 Å². The fourth-order valence-corrected chi connectivity index (χ4v) is 2.25. The number of nitrogens with zero attached hydrogens (tertiary/aromatic N) is 3. The predicted octanol–water partition coefficient (Wildman–Crippen LogP) is 1.72. The van der Waals surface area contributed by atoms with E-state index in [4.69, 9.17) is 5.73 Å². The standard InChI is InChI=1S/C10H14N4S/c1-7(11)9-3-12-5-14(9)4-10-8(2)13-6-15-10/h3,5-7H,4,11H2,1-2H3/t7-/m0/s1. The maximum atomic E-state index is 5.85. The van der Waals surface area contributed by atoms with Crippen molar-refractivity contribution in [3.63, 3.8) is 0 Å². The molecule has 2 aromatic heterocycles. The Morgan fingerprint density at radius 2 is 2.40 bits per heavy atom. The number of aryl methyl sites for hydroxylation is 1. The Morgan fingerprint density at radius 1 is 1.60 bits per heavy atom. The number of thiazole rings is 1. The van der Waals surface area contributed by atoms with Gasteiger partial charge in [-0.3, -0.25) is 0 Å². The van der Waals surface area contributed by atoms with Crippen molar-refractivity contribution < 1.29 is 0 Å². The van der Waals surface area contributed by atoms with Crippen LogP contribution < -0.4 is 5.73 Å². The van der Waals surface area contributed by atoms with E-state index in [0.717, 1.165) is 17.9 Å². The van der Waals surface area contributed by atoms with Gasteiger partial charge in [0.2, 0.25) is 0 Å². The normalized spacial score (nSPS) is 13.0. The number of nitrogens with two attached hydrogens (primary N) is 1. The SMILES string of the molecule is Cc1ncsc1Cn1cncc1[C@H](C)N. The van der Waals surface area contributed by atoms with Crippen LogP contribution in [0.15, 0.2) is 18.0 Å². The van der Waals surface area contributed by atoms with Gasteiger partial charge >= 0.3 is 0 Å². The third-order valence-corrected chi connectivity index (χ3v) is 3.29. The van der Waals surface area contributed by atoms with Gasteiger partial charge in [0.25, 0.3) is 0 Å². The molecule has 0 fully saturated rings. The fraction of sp³-hybridized carbons (Fsp3) is 0.400. The molecule has 80 valence electrons. The van der Waals surface area contributed by atoms with Gasteiger partial charge in [-0.05, 0) is 13.8 Å². The zero-order valence-electron chi connectivity index (χ0n) is 8.84. The largest absolute Gasteiger partial charge is 0.328 e. The number of aromatic nitrogens is 3. The highest BCUT2D eigenvalue weighted by Gasteiger charge is 2.09. The molecule has 0 bridgehead atoms. The minimum Gasteiger partial charge on any atom is -0.328 e. The fourth-order valence-electron chi connectivity index (χ4n) is 1.47. The smallest absolute Gasteiger partial charge is 0.0952 e. The van der Waals surface area contributed by atoms with E-state index >= 15 is 0 Å². The molecule has 0 aliphatic carbocycles. The molecule has 2 N–H and O–H groups in total. The predicted molar refractivity (Wildman–Crippen MR) is 60.8 cm³/mol. The summed E-state index contributed by atoms with van der Waals surface area (Å²) in [6.07, 6.45) is 3.64. The first-order valence-electron chi connectivity index (χ1n) is 4.83. The zero-order chi connectivity index (χ0) is 10.8. The zero-order valence-corrected chi connectivity index (χ0v) is 9.66. The summed E-state index contributed by atoms with van der Waals surface area (Å²) in [4.78, 5) is 9.61. The maximum absolute atomic E-state index is 5.85. The van der Waals surface area contributed by atoms with Gasteiger partial charge in [0.05, 0.1) is 29.8 Å². The second-order valence-corrected chi connectivity index (χ2v) is 4.54. The summed E-state index contributed by atoms with van der Waals surface area (Å²) in [5.74, 6) is 0. The summed E-state index contributed by atoms with van der Waals surface area (Å²) in [6, 6.07) is 0.0146. The molecule has 0 aliphatic rings. The van der Waals surface area contributed by atoms with Gasteiger partial charge in [-0.15, -0.1) is 11.3 Å². The quantitative estimate of drug-likeness (QED) is 0.860. The van der Waals surface area contributed by atoms with Crippen molar-refractivity contribution in [1.82, 2.24) is 14.5 Å². The van der Waals surface area contributed by atoms with Crippen molar-refractivity contribution in [2.45, 2.75) is 26.4 Å². The summed E-state index contributed by atoms with van der Waals surface area (Å²) >= 11 is 1.67. The Morgan fingerprint density at radius 3 is 3.00 bits per heavy atom. The minimum absolute atomic E-state index is 0.0146. The van der Waals surface area contributed by atoms with Crippen LogP contribution in [0.5, 0.6) is 0 Å². The number of hydrogen-bond donors (Lipinski definition) is 1. The molecule has 2 rings (SSSR count). The molecule has 1 atom stereocenters. The lowest BCUT2D eigenvalue weighted by Crippen LogP contribution is -2.12. The molecule has 0 amide bonds. The third kappa shape index (κ3) is 2.08. The minimum atomic E-state index is 0.0146. The number of imidazole rings is 1. The summed E-state index contributed by atoms with van der Waals surface area (Å²) in [6.45, 7) is 4.80. The van der Waals surface area contributed by atoms with E-state index in [1.54, 1.807) is 11.3 Å². The van der Waals surface area contributed by atoms with Gasteiger partial charge < -0.3 is 10.3 Å². The van der Waals surface area contributed by atoms with E-state index in [2.05, 4.69) is 14.5 Å². The number of rotatable bonds is 3. The van der Waals surface area contributed by atoms with Crippen molar-refractivity contribution in [2.24, 2.45) is 5.73 Å². The molecule has 0 spiro atoms. The first-order valence-corrected chi connectivity index (χ1v) is 5.71. The Labute approximate surface area is 92.8 Å². The molecule has 0 aliphatic heterocycles. The van der Waals surface area contributed by atoms with Crippen molar-refractivity contribution in [3.8, 4) is 0 Å². The van der Waals surface area contributed by atoms with Crippen LogP contribution in [0.1, 0.15) is 29.2 Å². The summed E-state index contributed by atoms with van der Waals surface area (Å²) in [5.41, 5.74) is 9.87. The maximum Gasteiger partial charge on any atom is 0.0952 e. The van der Waals surface area contributed by atoms with Crippen LogP contribution >= 0.6 is 11.3 Å². The van der Waals surface area contributed by atoms with E-state index in [-0.39, 0.29) is 6.04 Å². The third-order valence-electron chi connectivity index (χ3n) is 2.37. The van der Waals surface area contributed by atoms with Gasteiger partial charge in [-0.2, -0.15) is 0 Å². The Hall–Kier alpha value is -1.20. The van der Waals surface area contributed by atoms with Gasteiger partial charge in [0.1, 0.15) is 0 Å². The summed E-state index contributed by atoms with van der Waals surface area (Å²) in [5, 5.41) is 0. The lowest BCUT2D eigenvalue weighted by molar-refractivity contribution is 0.677. The molecule has 0 unspecified atom stereocenters. The molecule has 0 radical (unpaired) electrons.